The van der Waals surface area contributed by atoms with Gasteiger partial charge in [0, 0.05) is 50.4 Å². The predicted molar refractivity (Wildman–Crippen MR) is 77.0 cm³/mol. The molecule has 0 atom stereocenters. The number of hydrogen-bond acceptors (Lipinski definition) is 4. The molecule has 0 aliphatic rings. The Balaban J connectivity index is 1.67. The van der Waals surface area contributed by atoms with Gasteiger partial charge < -0.3 is 9.13 Å². The van der Waals surface area contributed by atoms with Gasteiger partial charge in [-0.3, -0.25) is 0 Å². The number of imidazole rings is 2. The second-order valence-corrected chi connectivity index (χ2v) is 5.71. The molecule has 96 valence electrons. The van der Waals surface area contributed by atoms with Crippen molar-refractivity contribution in [3.8, 4) is 0 Å². The summed E-state index contributed by atoms with van der Waals surface area (Å²) >= 11 is 3.48. The second-order valence-electron chi connectivity index (χ2n) is 3.73. The third-order valence-electron chi connectivity index (χ3n) is 2.34. The molecule has 2 rings (SSSR count). The number of nitrogens with zero attached hydrogens (tertiary/aromatic N) is 4. The molecule has 2 aromatic rings. The van der Waals surface area contributed by atoms with E-state index in [1.54, 1.807) is 23.5 Å². The van der Waals surface area contributed by atoms with E-state index in [9.17, 15) is 0 Å². The van der Waals surface area contributed by atoms with Crippen LogP contribution in [0.3, 0.4) is 0 Å². The Morgan fingerprint density at radius 2 is 1.39 bits per heavy atom. The van der Waals surface area contributed by atoms with Crippen LogP contribution < -0.4 is 0 Å². The maximum absolute atomic E-state index is 4.26. The van der Waals surface area contributed by atoms with Gasteiger partial charge in [0.1, 0.15) is 0 Å². The highest BCUT2D eigenvalue weighted by Gasteiger charge is 1.98. The molecule has 0 spiro atoms. The first kappa shape index (κ1) is 13.3. The zero-order chi connectivity index (χ0) is 12.8. The van der Waals surface area contributed by atoms with Crippen LogP contribution in [-0.4, -0.2) is 30.6 Å². The van der Waals surface area contributed by atoms with Crippen molar-refractivity contribution in [2.75, 3.05) is 11.5 Å². The van der Waals surface area contributed by atoms with Crippen LogP contribution in [0, 0.1) is 0 Å². The van der Waals surface area contributed by atoms with Gasteiger partial charge in [-0.05, 0) is 0 Å². The third kappa shape index (κ3) is 3.68. The van der Waals surface area contributed by atoms with Crippen molar-refractivity contribution in [1.29, 1.82) is 0 Å². The molecule has 2 aromatic heterocycles. The van der Waals surface area contributed by atoms with Crippen molar-refractivity contribution in [1.82, 2.24) is 19.1 Å². The largest absolute Gasteiger partial charge is 0.329 e. The SMILES string of the molecule is Cn1ccnc1SC/C=C/CSc1nccn1C. The van der Waals surface area contributed by atoms with Gasteiger partial charge in [-0.25, -0.2) is 9.97 Å². The van der Waals surface area contributed by atoms with E-state index in [0.29, 0.717) is 0 Å². The molecular weight excluding hydrogens is 264 g/mol. The highest BCUT2D eigenvalue weighted by Crippen LogP contribution is 2.16. The number of aromatic nitrogens is 4. The van der Waals surface area contributed by atoms with E-state index in [4.69, 9.17) is 0 Å². The first-order valence-electron chi connectivity index (χ1n) is 5.62. The maximum Gasteiger partial charge on any atom is 0.167 e. The quantitative estimate of drug-likeness (QED) is 0.602. The molecule has 6 heteroatoms. The number of aryl methyl sites for hydroxylation is 2. The number of thioether (sulfide) groups is 2. The lowest BCUT2D eigenvalue weighted by Crippen LogP contribution is -1.89. The Kier molecular flexibility index (Phi) is 4.95. The second kappa shape index (κ2) is 6.70. The van der Waals surface area contributed by atoms with Gasteiger partial charge in [-0.1, -0.05) is 35.7 Å². The lowest BCUT2D eigenvalue weighted by Gasteiger charge is -1.98. The summed E-state index contributed by atoms with van der Waals surface area (Å²) in [4.78, 5) is 8.52. The van der Waals surface area contributed by atoms with Crippen molar-refractivity contribution in [3.63, 3.8) is 0 Å². The number of rotatable bonds is 6. The zero-order valence-electron chi connectivity index (χ0n) is 10.5. The van der Waals surface area contributed by atoms with E-state index in [-0.39, 0.29) is 0 Å². The van der Waals surface area contributed by atoms with Crippen LogP contribution in [0.15, 0.2) is 47.3 Å². The van der Waals surface area contributed by atoms with Crippen molar-refractivity contribution in [2.24, 2.45) is 14.1 Å². The molecule has 0 bridgehead atoms. The fourth-order valence-corrected chi connectivity index (χ4v) is 2.93. The standard InChI is InChI=1S/C12H16N4S2/c1-15-7-5-13-11(15)17-9-3-4-10-18-12-14-6-8-16(12)2/h3-8H,9-10H2,1-2H3/b4-3+. The molecule has 2 heterocycles. The van der Waals surface area contributed by atoms with Crippen LogP contribution in [0.4, 0.5) is 0 Å². The Morgan fingerprint density at radius 1 is 0.944 bits per heavy atom. The van der Waals surface area contributed by atoms with Gasteiger partial charge in [0.05, 0.1) is 0 Å². The molecule has 0 aliphatic carbocycles. The minimum absolute atomic E-state index is 0.950. The monoisotopic (exact) mass is 280 g/mol. The molecule has 4 nitrogen and oxygen atoms in total. The Hall–Kier alpha value is -1.14. The molecule has 0 unspecified atom stereocenters. The highest BCUT2D eigenvalue weighted by molar-refractivity contribution is 7.99. The van der Waals surface area contributed by atoms with Crippen LogP contribution in [0.25, 0.3) is 0 Å². The molecule has 0 saturated carbocycles. The smallest absolute Gasteiger partial charge is 0.167 e. The topological polar surface area (TPSA) is 35.6 Å². The normalized spacial score (nSPS) is 11.4. The van der Waals surface area contributed by atoms with Crippen molar-refractivity contribution in [3.05, 3.63) is 36.9 Å². The van der Waals surface area contributed by atoms with E-state index < -0.39 is 0 Å². The van der Waals surface area contributed by atoms with Crippen LogP contribution in [0.2, 0.25) is 0 Å². The maximum atomic E-state index is 4.26. The van der Waals surface area contributed by atoms with Crippen LogP contribution in [0.1, 0.15) is 0 Å². The van der Waals surface area contributed by atoms with E-state index >= 15 is 0 Å². The van der Waals surface area contributed by atoms with Crippen LogP contribution in [0.5, 0.6) is 0 Å². The van der Waals surface area contributed by atoms with Gasteiger partial charge in [0.2, 0.25) is 0 Å². The average molecular weight is 280 g/mol. The first-order valence-corrected chi connectivity index (χ1v) is 7.59. The summed E-state index contributed by atoms with van der Waals surface area (Å²) in [6.07, 6.45) is 11.9. The van der Waals surface area contributed by atoms with Gasteiger partial charge >= 0.3 is 0 Å². The fraction of sp³-hybridized carbons (Fsp3) is 0.333. The third-order valence-corrected chi connectivity index (χ3v) is 4.36. The summed E-state index contributed by atoms with van der Waals surface area (Å²) in [6.45, 7) is 0. The summed E-state index contributed by atoms with van der Waals surface area (Å²) in [5.74, 6) is 1.90. The summed E-state index contributed by atoms with van der Waals surface area (Å²) in [5.41, 5.74) is 0. The minimum atomic E-state index is 0.950. The average Bonchev–Trinajstić information content (AvgIpc) is 2.94. The Labute approximate surface area is 116 Å². The molecule has 0 aliphatic heterocycles. The molecule has 0 amide bonds. The molecule has 0 fully saturated rings. The fourth-order valence-electron chi connectivity index (χ4n) is 1.36. The number of hydrogen-bond donors (Lipinski definition) is 0. The van der Waals surface area contributed by atoms with Crippen molar-refractivity contribution < 1.29 is 0 Å². The Morgan fingerprint density at radius 3 is 1.72 bits per heavy atom. The molecule has 18 heavy (non-hydrogen) atoms. The predicted octanol–water partition coefficient (Wildman–Crippen LogP) is 2.59. The summed E-state index contributed by atoms with van der Waals surface area (Å²) in [6, 6.07) is 0. The first-order chi connectivity index (χ1) is 8.77. The zero-order valence-corrected chi connectivity index (χ0v) is 12.1. The van der Waals surface area contributed by atoms with Gasteiger partial charge in [-0.2, -0.15) is 0 Å². The van der Waals surface area contributed by atoms with E-state index in [2.05, 4.69) is 22.1 Å². The highest BCUT2D eigenvalue weighted by atomic mass is 32.2. The van der Waals surface area contributed by atoms with Crippen LogP contribution in [-0.2, 0) is 14.1 Å². The van der Waals surface area contributed by atoms with Crippen LogP contribution >= 0.6 is 23.5 Å². The van der Waals surface area contributed by atoms with Crippen molar-refractivity contribution in [2.45, 2.75) is 10.3 Å². The molecule has 0 N–H and O–H groups in total. The Bertz CT molecular complexity index is 469. The van der Waals surface area contributed by atoms with Gasteiger partial charge in [0.25, 0.3) is 0 Å². The summed E-state index contributed by atoms with van der Waals surface area (Å²) < 4.78 is 4.06. The molecule has 0 radical (unpaired) electrons. The van der Waals surface area contributed by atoms with E-state index in [1.807, 2.05) is 48.0 Å². The molecule has 0 aromatic carbocycles. The molecular formula is C12H16N4S2. The van der Waals surface area contributed by atoms with Gasteiger partial charge in [-0.15, -0.1) is 0 Å². The summed E-state index contributed by atoms with van der Waals surface area (Å²) in [7, 11) is 4.02. The minimum Gasteiger partial charge on any atom is -0.329 e. The summed E-state index contributed by atoms with van der Waals surface area (Å²) in [5, 5.41) is 2.10. The van der Waals surface area contributed by atoms with E-state index in [0.717, 1.165) is 21.8 Å². The lowest BCUT2D eigenvalue weighted by atomic mass is 10.6. The van der Waals surface area contributed by atoms with E-state index in [1.165, 1.54) is 0 Å². The van der Waals surface area contributed by atoms with Crippen molar-refractivity contribution >= 4 is 23.5 Å². The molecule has 0 saturated heterocycles. The lowest BCUT2D eigenvalue weighted by molar-refractivity contribution is 0.790. The van der Waals surface area contributed by atoms with Gasteiger partial charge in [0.15, 0.2) is 10.3 Å².